The van der Waals surface area contributed by atoms with Crippen LogP contribution in [0.2, 0.25) is 0 Å². The summed E-state index contributed by atoms with van der Waals surface area (Å²) in [7, 11) is 0. The molecule has 0 amide bonds. The molecular weight excluding hydrogens is 383 g/mol. The minimum atomic E-state index is -2.90. The number of rotatable bonds is 6. The fraction of sp³-hybridized carbons (Fsp3) is 0.417. The average molecular weight is 397 g/mol. The van der Waals surface area contributed by atoms with Crippen LogP contribution in [0.1, 0.15) is 12.1 Å². The van der Waals surface area contributed by atoms with Crippen molar-refractivity contribution in [3.05, 3.63) is 24.0 Å². The molecule has 1 aromatic heterocycles. The van der Waals surface area contributed by atoms with Crippen LogP contribution in [-0.4, -0.2) is 34.8 Å². The first kappa shape index (κ1) is 15.1. The topological polar surface area (TPSA) is 69.7 Å². The average Bonchev–Trinajstić information content (AvgIpc) is 2.85. The molecule has 0 fully saturated rings. The van der Waals surface area contributed by atoms with Gasteiger partial charge < -0.3 is 15.2 Å². The Morgan fingerprint density at radius 3 is 2.90 bits per heavy atom. The number of amidine groups is 1. The highest BCUT2D eigenvalue weighted by atomic mass is 127. The van der Waals surface area contributed by atoms with Crippen molar-refractivity contribution in [3.63, 3.8) is 0 Å². The van der Waals surface area contributed by atoms with Gasteiger partial charge in [-0.1, -0.05) is 4.51 Å². The molecule has 1 aliphatic rings. The van der Waals surface area contributed by atoms with Crippen LogP contribution in [-0.2, 0) is 8.67 Å². The largest absolute Gasteiger partial charge is 0.492 e. The molecule has 0 saturated heterocycles. The van der Waals surface area contributed by atoms with Crippen LogP contribution in [0.5, 0.6) is 5.75 Å². The summed E-state index contributed by atoms with van der Waals surface area (Å²) in [6.07, 6.45) is 1.94. The molecule has 0 aliphatic carbocycles. The van der Waals surface area contributed by atoms with E-state index in [0.29, 0.717) is 25.4 Å². The monoisotopic (exact) mass is 397 g/mol. The van der Waals surface area contributed by atoms with Crippen molar-refractivity contribution in [3.8, 4) is 5.75 Å². The Kier molecular flexibility index (Phi) is 4.84. The number of ether oxygens (including phenoxy) is 2. The molecule has 1 aromatic rings. The first-order valence-corrected chi connectivity index (χ1v) is 8.44. The number of nitrogens with two attached hydrogens (primary N) is 1. The van der Waals surface area contributed by atoms with Crippen molar-refractivity contribution in [1.29, 1.82) is 0 Å². The van der Waals surface area contributed by atoms with Crippen molar-refractivity contribution in [2.75, 3.05) is 13.2 Å². The van der Waals surface area contributed by atoms with Gasteiger partial charge in [-0.25, -0.2) is 4.99 Å². The lowest BCUT2D eigenvalue weighted by Crippen LogP contribution is -2.12. The maximum atomic E-state index is 13.4. The van der Waals surface area contributed by atoms with E-state index in [4.69, 9.17) is 15.2 Å². The molecule has 0 aromatic carbocycles. The number of nitrogens with zero attached hydrogens (tertiary/aromatic N) is 2. The fourth-order valence-corrected chi connectivity index (χ4v) is 2.31. The number of aliphatic imine (C=N–C) groups is 1. The minimum absolute atomic E-state index is 0.0116. The van der Waals surface area contributed by atoms with Crippen molar-refractivity contribution < 1.29 is 18.3 Å². The maximum absolute atomic E-state index is 13.4. The van der Waals surface area contributed by atoms with Gasteiger partial charge in [0.05, 0.1) is 18.8 Å². The van der Waals surface area contributed by atoms with Crippen molar-refractivity contribution in [1.82, 2.24) is 4.98 Å². The Morgan fingerprint density at radius 2 is 2.35 bits per heavy atom. The van der Waals surface area contributed by atoms with E-state index in [-0.39, 0.29) is 17.8 Å². The Morgan fingerprint density at radius 1 is 1.55 bits per heavy atom. The Hall–Kier alpha value is -1.32. The molecule has 2 rings (SSSR count). The van der Waals surface area contributed by atoms with Gasteiger partial charge in [0.1, 0.15) is 18.1 Å². The molecule has 0 saturated carbocycles. The van der Waals surface area contributed by atoms with E-state index in [1.165, 1.54) is 18.3 Å². The van der Waals surface area contributed by atoms with Crippen LogP contribution in [0.4, 0.5) is 8.78 Å². The SMILES string of the molecule is C=IC(F)(F)c1ccc(OCC[C@H]2COC(N)=N2)cn1. The Labute approximate surface area is 124 Å². The van der Waals surface area contributed by atoms with Crippen molar-refractivity contribution >= 4 is 31.3 Å². The molecule has 5 nitrogen and oxygen atoms in total. The number of alkyl halides is 3. The third-order valence-corrected chi connectivity index (χ3v) is 4.16. The zero-order chi connectivity index (χ0) is 14.6. The van der Waals surface area contributed by atoms with Gasteiger partial charge in [0.2, 0.25) is 0 Å². The minimum Gasteiger partial charge on any atom is -0.492 e. The van der Waals surface area contributed by atoms with E-state index in [2.05, 4.69) is 14.5 Å². The molecule has 2 heterocycles. The van der Waals surface area contributed by atoms with Crippen LogP contribution in [0.15, 0.2) is 23.3 Å². The van der Waals surface area contributed by atoms with Gasteiger partial charge in [-0.05, 0) is 32.9 Å². The molecule has 20 heavy (non-hydrogen) atoms. The predicted octanol–water partition coefficient (Wildman–Crippen LogP) is 2.02. The van der Waals surface area contributed by atoms with E-state index in [9.17, 15) is 8.78 Å². The van der Waals surface area contributed by atoms with Gasteiger partial charge in [-0.3, -0.25) is 4.98 Å². The molecule has 2 N–H and O–H groups in total. The zero-order valence-corrected chi connectivity index (χ0v) is 12.7. The number of aromatic nitrogens is 1. The number of hydrogen-bond donors (Lipinski definition) is 1. The van der Waals surface area contributed by atoms with E-state index in [1.807, 2.05) is 0 Å². The van der Waals surface area contributed by atoms with Crippen LogP contribution in [0.3, 0.4) is 0 Å². The molecule has 1 atom stereocenters. The maximum Gasteiger partial charge on any atom is 0.332 e. The predicted molar refractivity (Wildman–Crippen MR) is 80.7 cm³/mol. The molecule has 0 unspecified atom stereocenters. The first-order valence-electron chi connectivity index (χ1n) is 5.84. The second-order valence-electron chi connectivity index (χ2n) is 4.08. The summed E-state index contributed by atoms with van der Waals surface area (Å²) in [6, 6.07) is 2.94. The van der Waals surface area contributed by atoms with Gasteiger partial charge in [-0.2, -0.15) is 8.78 Å². The van der Waals surface area contributed by atoms with Gasteiger partial charge in [0, 0.05) is 6.42 Å². The Bertz CT molecular complexity index is 508. The number of hydrogen-bond acceptors (Lipinski definition) is 5. The van der Waals surface area contributed by atoms with E-state index >= 15 is 0 Å². The molecule has 0 bridgehead atoms. The highest BCUT2D eigenvalue weighted by Crippen LogP contribution is 2.37. The lowest BCUT2D eigenvalue weighted by molar-refractivity contribution is 0.122. The Balaban J connectivity index is 1.84. The summed E-state index contributed by atoms with van der Waals surface area (Å²) >= 11 is -1.48. The molecule has 0 spiro atoms. The van der Waals surface area contributed by atoms with Crippen LogP contribution in [0.25, 0.3) is 0 Å². The first-order chi connectivity index (χ1) is 9.51. The van der Waals surface area contributed by atoms with Gasteiger partial charge in [0.15, 0.2) is 0 Å². The normalized spacial score (nSPS) is 18.5. The van der Waals surface area contributed by atoms with E-state index in [0.717, 1.165) is 0 Å². The lowest BCUT2D eigenvalue weighted by Gasteiger charge is -2.11. The lowest BCUT2D eigenvalue weighted by atomic mass is 10.2. The van der Waals surface area contributed by atoms with Crippen molar-refractivity contribution in [2.24, 2.45) is 10.7 Å². The second-order valence-corrected chi connectivity index (χ2v) is 6.20. The van der Waals surface area contributed by atoms with E-state index in [1.54, 1.807) is 0 Å². The number of halogens is 3. The highest BCUT2D eigenvalue weighted by molar-refractivity contribution is 14.2. The molecule has 1 aliphatic heterocycles. The standard InChI is InChI=1S/C12H14F2IN3O2/c1-15-12(13,14)10-3-2-9(6-17-10)19-5-4-8-7-20-11(16)18-8/h2-3,6,8H,1,4-5,7H2,(H2,16,18)/t8-/m0/s1. The summed E-state index contributed by atoms with van der Waals surface area (Å²) in [5.41, 5.74) is 5.13. The van der Waals surface area contributed by atoms with Gasteiger partial charge in [-0.15, -0.1) is 0 Å². The van der Waals surface area contributed by atoms with Crippen LogP contribution >= 0.6 is 20.7 Å². The van der Waals surface area contributed by atoms with Crippen LogP contribution in [0, 0.1) is 0 Å². The third-order valence-electron chi connectivity index (χ3n) is 2.65. The summed E-state index contributed by atoms with van der Waals surface area (Å²) in [5, 5.41) is 0. The number of pyridine rings is 1. The summed E-state index contributed by atoms with van der Waals surface area (Å²) < 4.78 is 37.5. The fourth-order valence-electron chi connectivity index (χ4n) is 1.60. The third kappa shape index (κ3) is 3.84. The molecular formula is C12H14F2IN3O2. The molecule has 0 radical (unpaired) electrons. The smallest absolute Gasteiger partial charge is 0.332 e. The molecule has 8 heteroatoms. The quantitative estimate of drug-likeness (QED) is 0.589. The van der Waals surface area contributed by atoms with E-state index < -0.39 is 24.7 Å². The zero-order valence-electron chi connectivity index (χ0n) is 10.6. The highest BCUT2D eigenvalue weighted by Gasteiger charge is 2.29. The summed E-state index contributed by atoms with van der Waals surface area (Å²) in [5.74, 6) is 0.447. The van der Waals surface area contributed by atoms with Gasteiger partial charge >= 0.3 is 3.93 Å². The van der Waals surface area contributed by atoms with Crippen molar-refractivity contribution in [2.45, 2.75) is 16.4 Å². The summed E-state index contributed by atoms with van der Waals surface area (Å²) in [6.45, 7) is 0.844. The molecule has 110 valence electrons. The van der Waals surface area contributed by atoms with Crippen LogP contribution < -0.4 is 10.5 Å². The second kappa shape index (κ2) is 6.42. The summed E-state index contributed by atoms with van der Waals surface area (Å²) in [4.78, 5) is 7.78. The van der Waals surface area contributed by atoms with Gasteiger partial charge in [0.25, 0.3) is 6.02 Å².